The van der Waals surface area contributed by atoms with Crippen LogP contribution in [0.4, 0.5) is 5.69 Å². The van der Waals surface area contributed by atoms with Crippen LogP contribution < -0.4 is 10.5 Å². The Hall–Kier alpha value is -2.63. The summed E-state index contributed by atoms with van der Waals surface area (Å²) >= 11 is 0. The van der Waals surface area contributed by atoms with Gasteiger partial charge in [-0.2, -0.15) is 5.10 Å². The number of fused-ring (bicyclic) bond motifs is 1. The van der Waals surface area contributed by atoms with Crippen molar-refractivity contribution < 1.29 is 0 Å². The van der Waals surface area contributed by atoms with E-state index in [-0.39, 0.29) is 5.56 Å². The molecule has 1 aromatic carbocycles. The molecule has 1 N–H and O–H groups in total. The summed E-state index contributed by atoms with van der Waals surface area (Å²) in [4.78, 5) is 21.5. The Morgan fingerprint density at radius 1 is 1.32 bits per heavy atom. The number of H-pyrrole nitrogens is 1. The molecule has 22 heavy (non-hydrogen) atoms. The number of aromatic amines is 1. The maximum atomic E-state index is 12.1. The molecule has 0 atom stereocenters. The van der Waals surface area contributed by atoms with E-state index in [9.17, 15) is 4.79 Å². The summed E-state index contributed by atoms with van der Waals surface area (Å²) < 4.78 is 1.62. The second-order valence-electron chi connectivity index (χ2n) is 5.66. The molecule has 0 aliphatic rings. The topological polar surface area (TPSA) is 66.8 Å². The Labute approximate surface area is 128 Å². The van der Waals surface area contributed by atoms with Gasteiger partial charge in [-0.15, -0.1) is 0 Å². The SMILES string of the molecule is Cc1ccc(N(C)Cc2nc3c(cnn3C)c(=O)[nH]2)c(C)c1. The minimum atomic E-state index is -0.151. The Morgan fingerprint density at radius 2 is 2.09 bits per heavy atom. The van der Waals surface area contributed by atoms with Crippen LogP contribution in [0.1, 0.15) is 17.0 Å². The number of aryl methyl sites for hydroxylation is 3. The number of benzene rings is 1. The van der Waals surface area contributed by atoms with Crippen molar-refractivity contribution in [3.8, 4) is 0 Å². The van der Waals surface area contributed by atoms with Gasteiger partial charge < -0.3 is 9.88 Å². The van der Waals surface area contributed by atoms with Gasteiger partial charge in [0.05, 0.1) is 12.7 Å². The van der Waals surface area contributed by atoms with Crippen molar-refractivity contribution in [2.45, 2.75) is 20.4 Å². The van der Waals surface area contributed by atoms with Crippen molar-refractivity contribution in [1.82, 2.24) is 19.7 Å². The molecule has 0 aliphatic carbocycles. The molecule has 0 bridgehead atoms. The summed E-state index contributed by atoms with van der Waals surface area (Å²) in [5, 5.41) is 4.59. The van der Waals surface area contributed by atoms with Crippen molar-refractivity contribution in [3.63, 3.8) is 0 Å². The quantitative estimate of drug-likeness (QED) is 0.802. The highest BCUT2D eigenvalue weighted by atomic mass is 16.1. The van der Waals surface area contributed by atoms with Crippen LogP contribution in [0.15, 0.2) is 29.2 Å². The molecule has 0 spiro atoms. The van der Waals surface area contributed by atoms with Crippen molar-refractivity contribution >= 4 is 16.7 Å². The van der Waals surface area contributed by atoms with Gasteiger partial charge in [0.1, 0.15) is 11.2 Å². The number of hydrogen-bond donors (Lipinski definition) is 1. The molecule has 0 saturated carbocycles. The average molecular weight is 297 g/mol. The largest absolute Gasteiger partial charge is 0.367 e. The van der Waals surface area contributed by atoms with Gasteiger partial charge in [0.15, 0.2) is 5.65 Å². The number of aromatic nitrogens is 4. The molecule has 0 saturated heterocycles. The van der Waals surface area contributed by atoms with E-state index in [1.807, 2.05) is 7.05 Å². The summed E-state index contributed by atoms with van der Waals surface area (Å²) in [6.45, 7) is 4.69. The smallest absolute Gasteiger partial charge is 0.262 e. The minimum Gasteiger partial charge on any atom is -0.367 e. The maximum absolute atomic E-state index is 12.1. The number of nitrogens with one attached hydrogen (secondary N) is 1. The molecule has 2 aromatic heterocycles. The van der Waals surface area contributed by atoms with Crippen LogP contribution in [-0.4, -0.2) is 26.8 Å². The highest BCUT2D eigenvalue weighted by molar-refractivity contribution is 5.73. The molecule has 0 radical (unpaired) electrons. The number of hydrogen-bond acceptors (Lipinski definition) is 4. The third kappa shape index (κ3) is 2.47. The van der Waals surface area contributed by atoms with Gasteiger partial charge in [-0.25, -0.2) is 4.98 Å². The predicted molar refractivity (Wildman–Crippen MR) is 87.2 cm³/mol. The Kier molecular flexibility index (Phi) is 3.44. The highest BCUT2D eigenvalue weighted by Gasteiger charge is 2.11. The average Bonchev–Trinajstić information content (AvgIpc) is 2.81. The van der Waals surface area contributed by atoms with E-state index in [1.165, 1.54) is 11.1 Å². The zero-order valence-electron chi connectivity index (χ0n) is 13.2. The lowest BCUT2D eigenvalue weighted by molar-refractivity contribution is 0.771. The molecule has 114 valence electrons. The van der Waals surface area contributed by atoms with Gasteiger partial charge in [0, 0.05) is 19.8 Å². The van der Waals surface area contributed by atoms with E-state index in [2.05, 4.69) is 52.0 Å². The van der Waals surface area contributed by atoms with Crippen molar-refractivity contribution in [1.29, 1.82) is 0 Å². The fourth-order valence-corrected chi connectivity index (χ4v) is 2.70. The Morgan fingerprint density at radius 3 is 2.82 bits per heavy atom. The van der Waals surface area contributed by atoms with Crippen LogP contribution in [0.3, 0.4) is 0 Å². The zero-order valence-corrected chi connectivity index (χ0v) is 13.2. The second-order valence-corrected chi connectivity index (χ2v) is 5.66. The molecular weight excluding hydrogens is 278 g/mol. The lowest BCUT2D eigenvalue weighted by atomic mass is 10.1. The molecule has 6 nitrogen and oxygen atoms in total. The molecule has 2 heterocycles. The lowest BCUT2D eigenvalue weighted by Crippen LogP contribution is -2.22. The van der Waals surface area contributed by atoms with E-state index in [1.54, 1.807) is 17.9 Å². The number of nitrogens with zero attached hydrogens (tertiary/aromatic N) is 4. The fourth-order valence-electron chi connectivity index (χ4n) is 2.70. The van der Waals surface area contributed by atoms with Gasteiger partial charge in [0.25, 0.3) is 5.56 Å². The first-order valence-electron chi connectivity index (χ1n) is 7.15. The monoisotopic (exact) mass is 297 g/mol. The Bertz CT molecular complexity index is 893. The van der Waals surface area contributed by atoms with Gasteiger partial charge >= 0.3 is 0 Å². The summed E-state index contributed by atoms with van der Waals surface area (Å²) in [5.74, 6) is 0.628. The van der Waals surface area contributed by atoms with E-state index in [4.69, 9.17) is 0 Å². The standard InChI is InChI=1S/C16H19N5O/c1-10-5-6-13(11(2)7-10)20(3)9-14-18-15-12(16(22)19-14)8-17-21(15)4/h5-8H,9H2,1-4H3,(H,18,19,22). The van der Waals surface area contributed by atoms with Gasteiger partial charge in [-0.3, -0.25) is 9.48 Å². The molecule has 0 fully saturated rings. The maximum Gasteiger partial charge on any atom is 0.262 e. The molecule has 3 aromatic rings. The minimum absolute atomic E-state index is 0.151. The van der Waals surface area contributed by atoms with E-state index in [0.717, 1.165) is 5.69 Å². The zero-order chi connectivity index (χ0) is 15.9. The molecular formula is C16H19N5O. The van der Waals surface area contributed by atoms with Crippen molar-refractivity contribution in [2.24, 2.45) is 7.05 Å². The second kappa shape index (κ2) is 5.29. The van der Waals surface area contributed by atoms with Crippen LogP contribution in [0, 0.1) is 13.8 Å². The Balaban J connectivity index is 1.95. The third-order valence-electron chi connectivity index (χ3n) is 3.80. The summed E-state index contributed by atoms with van der Waals surface area (Å²) in [5.41, 5.74) is 4.01. The fraction of sp³-hybridized carbons (Fsp3) is 0.312. The first kappa shape index (κ1) is 14.3. The van der Waals surface area contributed by atoms with Crippen LogP contribution in [0.2, 0.25) is 0 Å². The number of rotatable bonds is 3. The first-order chi connectivity index (χ1) is 10.5. The van der Waals surface area contributed by atoms with Gasteiger partial charge in [-0.1, -0.05) is 17.7 Å². The molecule has 0 unspecified atom stereocenters. The lowest BCUT2D eigenvalue weighted by Gasteiger charge is -2.21. The predicted octanol–water partition coefficient (Wildman–Crippen LogP) is 1.91. The summed E-state index contributed by atoms with van der Waals surface area (Å²) in [6, 6.07) is 6.32. The first-order valence-corrected chi connectivity index (χ1v) is 7.15. The molecule has 0 aliphatic heterocycles. The number of anilines is 1. The molecule has 0 amide bonds. The van der Waals surface area contributed by atoms with Crippen molar-refractivity contribution in [3.05, 3.63) is 51.7 Å². The summed E-state index contributed by atoms with van der Waals surface area (Å²) in [6.07, 6.45) is 1.54. The van der Waals surface area contributed by atoms with E-state index in [0.29, 0.717) is 23.4 Å². The van der Waals surface area contributed by atoms with E-state index >= 15 is 0 Å². The van der Waals surface area contributed by atoms with Crippen LogP contribution >= 0.6 is 0 Å². The molecule has 3 rings (SSSR count). The third-order valence-corrected chi connectivity index (χ3v) is 3.80. The molecule has 6 heteroatoms. The van der Waals surface area contributed by atoms with Gasteiger partial charge in [0.2, 0.25) is 0 Å². The van der Waals surface area contributed by atoms with E-state index < -0.39 is 0 Å². The van der Waals surface area contributed by atoms with Crippen LogP contribution in [0.25, 0.3) is 11.0 Å². The van der Waals surface area contributed by atoms with Crippen LogP contribution in [0.5, 0.6) is 0 Å². The summed E-state index contributed by atoms with van der Waals surface area (Å²) in [7, 11) is 3.78. The van der Waals surface area contributed by atoms with Crippen molar-refractivity contribution in [2.75, 3.05) is 11.9 Å². The highest BCUT2D eigenvalue weighted by Crippen LogP contribution is 2.21. The normalized spacial score (nSPS) is 11.1. The van der Waals surface area contributed by atoms with Gasteiger partial charge in [-0.05, 0) is 25.5 Å². The van der Waals surface area contributed by atoms with Crippen LogP contribution in [-0.2, 0) is 13.6 Å².